The third-order valence-electron chi connectivity index (χ3n) is 3.46. The molecule has 0 spiro atoms. The van der Waals surface area contributed by atoms with Crippen LogP contribution in [0, 0.1) is 28.6 Å². The van der Waals surface area contributed by atoms with Gasteiger partial charge in [0.2, 0.25) is 0 Å². The Morgan fingerprint density at radius 2 is 1.83 bits per heavy atom. The largest absolute Gasteiger partial charge is 0.491 e. The average molecular weight is 316 g/mol. The Morgan fingerprint density at radius 3 is 2.39 bits per heavy atom. The van der Waals surface area contributed by atoms with Crippen LogP contribution in [-0.4, -0.2) is 37.5 Å². The molecule has 2 N–H and O–H groups in total. The standard InChI is InChI=1S/C18H25N3O2/c1-15(2)12-21(11-3-9-19)13-17(22)14-23-18-6-4-16(5-7-18)8-10-20/h4-7,15,17,22H,3,8,11-14H2,1-2H3/p+1/t17-/m1/s1. The molecule has 0 aromatic heterocycles. The Hall–Kier alpha value is -2.08. The van der Waals surface area contributed by atoms with Crippen LogP contribution in [0.5, 0.6) is 5.75 Å². The first-order valence-corrected chi connectivity index (χ1v) is 8.02. The van der Waals surface area contributed by atoms with E-state index in [1.54, 1.807) is 0 Å². The molecule has 5 heteroatoms. The zero-order valence-corrected chi connectivity index (χ0v) is 14.0. The Balaban J connectivity index is 2.43. The number of nitrogens with zero attached hydrogens (tertiary/aromatic N) is 2. The van der Waals surface area contributed by atoms with Gasteiger partial charge in [0.25, 0.3) is 0 Å². The monoisotopic (exact) mass is 316 g/mol. The van der Waals surface area contributed by atoms with Crippen molar-refractivity contribution in [2.45, 2.75) is 32.8 Å². The van der Waals surface area contributed by atoms with Gasteiger partial charge in [-0.2, -0.15) is 10.5 Å². The number of hydrogen-bond acceptors (Lipinski definition) is 4. The third kappa shape index (κ3) is 8.21. The number of aliphatic hydroxyl groups excluding tert-OH is 1. The number of benzene rings is 1. The van der Waals surface area contributed by atoms with E-state index in [9.17, 15) is 5.11 Å². The average Bonchev–Trinajstić information content (AvgIpc) is 2.52. The highest BCUT2D eigenvalue weighted by Gasteiger charge is 2.17. The minimum Gasteiger partial charge on any atom is -0.491 e. The van der Waals surface area contributed by atoms with Crippen molar-refractivity contribution in [3.8, 4) is 17.9 Å². The molecule has 124 valence electrons. The van der Waals surface area contributed by atoms with E-state index in [1.807, 2.05) is 24.3 Å². The van der Waals surface area contributed by atoms with Crippen molar-refractivity contribution in [2.24, 2.45) is 5.92 Å². The highest BCUT2D eigenvalue weighted by atomic mass is 16.5. The molecule has 1 aromatic carbocycles. The molecule has 0 heterocycles. The number of rotatable bonds is 10. The molecule has 1 rings (SSSR count). The van der Waals surface area contributed by atoms with E-state index in [0.717, 1.165) is 18.7 Å². The first-order valence-electron chi connectivity index (χ1n) is 8.02. The van der Waals surface area contributed by atoms with E-state index in [-0.39, 0.29) is 6.61 Å². The lowest BCUT2D eigenvalue weighted by atomic mass is 10.1. The predicted octanol–water partition coefficient (Wildman–Crippen LogP) is 0.947. The summed E-state index contributed by atoms with van der Waals surface area (Å²) in [6.45, 7) is 6.75. The van der Waals surface area contributed by atoms with Crippen molar-refractivity contribution < 1.29 is 14.7 Å². The van der Waals surface area contributed by atoms with Gasteiger partial charge in [-0.1, -0.05) is 26.0 Å². The smallest absolute Gasteiger partial charge is 0.137 e. The van der Waals surface area contributed by atoms with Crippen LogP contribution in [0.1, 0.15) is 25.8 Å². The molecular weight excluding hydrogens is 290 g/mol. The maximum atomic E-state index is 10.2. The van der Waals surface area contributed by atoms with E-state index in [1.165, 1.54) is 4.90 Å². The van der Waals surface area contributed by atoms with Crippen molar-refractivity contribution in [1.82, 2.24) is 0 Å². The second kappa shape index (κ2) is 10.6. The van der Waals surface area contributed by atoms with Gasteiger partial charge in [0.1, 0.15) is 25.0 Å². The Morgan fingerprint density at radius 1 is 1.13 bits per heavy atom. The number of ether oxygens (including phenoxy) is 1. The fourth-order valence-corrected chi connectivity index (χ4v) is 2.48. The Labute approximate surface area is 138 Å². The summed E-state index contributed by atoms with van der Waals surface area (Å²) in [5, 5.41) is 27.5. The molecule has 0 bridgehead atoms. The number of aliphatic hydroxyl groups is 1. The first-order chi connectivity index (χ1) is 11.0. The van der Waals surface area contributed by atoms with Crippen LogP contribution in [0.3, 0.4) is 0 Å². The van der Waals surface area contributed by atoms with Gasteiger partial charge >= 0.3 is 0 Å². The molecule has 0 amide bonds. The van der Waals surface area contributed by atoms with E-state index < -0.39 is 6.10 Å². The summed E-state index contributed by atoms with van der Waals surface area (Å²) in [4.78, 5) is 1.22. The van der Waals surface area contributed by atoms with Crippen LogP contribution in [0.25, 0.3) is 0 Å². The molecule has 1 unspecified atom stereocenters. The Bertz CT molecular complexity index is 529. The molecule has 0 saturated heterocycles. The van der Waals surface area contributed by atoms with E-state index in [2.05, 4.69) is 26.0 Å². The van der Waals surface area contributed by atoms with Crippen molar-refractivity contribution in [1.29, 1.82) is 10.5 Å². The minimum absolute atomic E-state index is 0.228. The highest BCUT2D eigenvalue weighted by Crippen LogP contribution is 2.12. The summed E-state index contributed by atoms with van der Waals surface area (Å²) in [6, 6.07) is 11.6. The normalized spacial score (nSPS) is 13.1. The lowest BCUT2D eigenvalue weighted by molar-refractivity contribution is -0.905. The van der Waals surface area contributed by atoms with Crippen LogP contribution in [0.15, 0.2) is 24.3 Å². The summed E-state index contributed by atoms with van der Waals surface area (Å²) < 4.78 is 5.60. The molecule has 0 saturated carbocycles. The number of quaternary nitrogens is 1. The van der Waals surface area contributed by atoms with Crippen LogP contribution >= 0.6 is 0 Å². The summed E-state index contributed by atoms with van der Waals surface area (Å²) in [5.41, 5.74) is 0.949. The molecule has 0 radical (unpaired) electrons. The number of nitriles is 2. The van der Waals surface area contributed by atoms with Gasteiger partial charge in [-0.25, -0.2) is 0 Å². The molecule has 0 aliphatic heterocycles. The maximum Gasteiger partial charge on any atom is 0.137 e. The number of hydrogen-bond donors (Lipinski definition) is 2. The SMILES string of the molecule is CC(C)C[NH+](CCC#N)C[C@@H](O)COc1ccc(CC#N)cc1. The van der Waals surface area contributed by atoms with Gasteiger partial charge in [0.05, 0.1) is 38.1 Å². The number of nitrogens with one attached hydrogen (secondary N) is 1. The molecule has 23 heavy (non-hydrogen) atoms. The van der Waals surface area contributed by atoms with E-state index in [0.29, 0.717) is 31.1 Å². The zero-order valence-electron chi connectivity index (χ0n) is 14.0. The summed E-state index contributed by atoms with van der Waals surface area (Å²) in [6.07, 6.45) is 0.312. The van der Waals surface area contributed by atoms with Gasteiger partial charge in [0.15, 0.2) is 0 Å². The fourth-order valence-electron chi connectivity index (χ4n) is 2.48. The van der Waals surface area contributed by atoms with Crippen LogP contribution in [0.2, 0.25) is 0 Å². The van der Waals surface area contributed by atoms with Crippen molar-refractivity contribution >= 4 is 0 Å². The quantitative estimate of drug-likeness (QED) is 0.673. The summed E-state index contributed by atoms with van der Waals surface area (Å²) in [7, 11) is 0. The molecule has 0 aliphatic carbocycles. The van der Waals surface area contributed by atoms with Gasteiger partial charge in [-0.3, -0.25) is 0 Å². The topological polar surface area (TPSA) is 81.5 Å². The molecule has 5 nitrogen and oxygen atoms in total. The maximum absolute atomic E-state index is 10.2. The van der Waals surface area contributed by atoms with Gasteiger partial charge in [0, 0.05) is 5.92 Å². The molecule has 2 atom stereocenters. The van der Waals surface area contributed by atoms with Crippen molar-refractivity contribution in [2.75, 3.05) is 26.2 Å². The zero-order chi connectivity index (χ0) is 17.1. The van der Waals surface area contributed by atoms with Crippen molar-refractivity contribution in [3.05, 3.63) is 29.8 Å². The lowest BCUT2D eigenvalue weighted by Crippen LogP contribution is -3.13. The molecule has 1 aromatic rings. The molecule has 0 fully saturated rings. The fraction of sp³-hybridized carbons (Fsp3) is 0.556. The lowest BCUT2D eigenvalue weighted by Gasteiger charge is -2.23. The molecular formula is C18H26N3O2+. The minimum atomic E-state index is -0.568. The van der Waals surface area contributed by atoms with Gasteiger partial charge < -0.3 is 14.7 Å². The summed E-state index contributed by atoms with van der Waals surface area (Å²) >= 11 is 0. The van der Waals surface area contributed by atoms with Gasteiger partial charge in [-0.05, 0) is 17.7 Å². The van der Waals surface area contributed by atoms with Crippen molar-refractivity contribution in [3.63, 3.8) is 0 Å². The van der Waals surface area contributed by atoms with Crippen LogP contribution in [-0.2, 0) is 6.42 Å². The second-order valence-electron chi connectivity index (χ2n) is 6.15. The van der Waals surface area contributed by atoms with Crippen LogP contribution < -0.4 is 9.64 Å². The summed E-state index contributed by atoms with van der Waals surface area (Å²) in [5.74, 6) is 1.21. The molecule has 0 aliphatic rings. The van der Waals surface area contributed by atoms with E-state index in [4.69, 9.17) is 15.3 Å². The first kappa shape index (κ1) is 19.0. The predicted molar refractivity (Wildman–Crippen MR) is 87.9 cm³/mol. The van der Waals surface area contributed by atoms with Crippen LogP contribution in [0.4, 0.5) is 0 Å². The Kier molecular flexibility index (Phi) is 8.75. The third-order valence-corrected chi connectivity index (χ3v) is 3.46. The van der Waals surface area contributed by atoms with E-state index >= 15 is 0 Å². The van der Waals surface area contributed by atoms with Gasteiger partial charge in [-0.15, -0.1) is 0 Å². The second-order valence-corrected chi connectivity index (χ2v) is 6.15. The highest BCUT2D eigenvalue weighted by molar-refractivity contribution is 5.28.